The number of nitrogens with zero attached hydrogens (tertiary/aromatic N) is 1. The van der Waals surface area contributed by atoms with E-state index < -0.39 is 11.6 Å². The van der Waals surface area contributed by atoms with Crippen molar-refractivity contribution < 1.29 is 14.3 Å². The number of ether oxygens (including phenoxy) is 1. The molecule has 0 bridgehead atoms. The van der Waals surface area contributed by atoms with Crippen molar-refractivity contribution in [2.75, 3.05) is 6.61 Å². The summed E-state index contributed by atoms with van der Waals surface area (Å²) in [5.74, 6) is 0.0225. The van der Waals surface area contributed by atoms with E-state index in [-0.39, 0.29) is 25.0 Å². The predicted octanol–water partition coefficient (Wildman–Crippen LogP) is 5.86. The van der Waals surface area contributed by atoms with E-state index in [0.29, 0.717) is 21.4 Å². The van der Waals surface area contributed by atoms with Crippen molar-refractivity contribution in [3.05, 3.63) is 76.3 Å². The fraction of sp³-hybridized carbons (Fsp3) is 0.308. The van der Waals surface area contributed by atoms with Crippen LogP contribution >= 0.6 is 23.2 Å². The summed E-state index contributed by atoms with van der Waals surface area (Å²) in [6, 6.07) is 17.8. The van der Waals surface area contributed by atoms with Crippen molar-refractivity contribution in [1.82, 2.24) is 10.2 Å². The molecule has 0 saturated heterocycles. The minimum Gasteiger partial charge on any atom is -0.483 e. The molecule has 3 aromatic rings. The first-order chi connectivity index (χ1) is 15.5. The Morgan fingerprint density at radius 3 is 2.42 bits per heavy atom. The number of hydrogen-bond donors (Lipinski definition) is 1. The summed E-state index contributed by atoms with van der Waals surface area (Å²) in [5, 5.41) is 5.80. The molecule has 0 spiro atoms. The van der Waals surface area contributed by atoms with Gasteiger partial charge in [0, 0.05) is 27.5 Å². The van der Waals surface area contributed by atoms with Crippen molar-refractivity contribution >= 4 is 45.8 Å². The van der Waals surface area contributed by atoms with Gasteiger partial charge in [0.05, 0.1) is 0 Å². The van der Waals surface area contributed by atoms with Crippen LogP contribution in [0, 0.1) is 0 Å². The minimum atomic E-state index is -0.736. The van der Waals surface area contributed by atoms with Gasteiger partial charge in [0.1, 0.15) is 11.8 Å². The molecule has 0 fully saturated rings. The Hall–Kier alpha value is -2.76. The van der Waals surface area contributed by atoms with Gasteiger partial charge in [0.2, 0.25) is 5.91 Å². The third-order valence-electron chi connectivity index (χ3n) is 5.12. The van der Waals surface area contributed by atoms with Gasteiger partial charge in [-0.15, -0.1) is 0 Å². The van der Waals surface area contributed by atoms with Crippen molar-refractivity contribution in [1.29, 1.82) is 0 Å². The van der Waals surface area contributed by atoms with Crippen molar-refractivity contribution in [2.24, 2.45) is 0 Å². The normalized spacial score (nSPS) is 12.3. The van der Waals surface area contributed by atoms with Crippen molar-refractivity contribution in [3.8, 4) is 5.75 Å². The zero-order valence-corrected chi connectivity index (χ0v) is 20.7. The molecule has 3 aromatic carbocycles. The van der Waals surface area contributed by atoms with Gasteiger partial charge >= 0.3 is 0 Å². The molecule has 0 unspecified atom stereocenters. The number of benzene rings is 3. The molecule has 5 nitrogen and oxygen atoms in total. The molecule has 0 aliphatic carbocycles. The largest absolute Gasteiger partial charge is 0.483 e. The lowest BCUT2D eigenvalue weighted by Gasteiger charge is -2.31. The molecule has 1 atom stereocenters. The predicted molar refractivity (Wildman–Crippen MR) is 134 cm³/mol. The van der Waals surface area contributed by atoms with Crippen molar-refractivity contribution in [2.45, 2.75) is 45.8 Å². The second-order valence-corrected chi connectivity index (χ2v) is 9.78. The first kappa shape index (κ1) is 24.9. The Balaban J connectivity index is 1.83. The van der Waals surface area contributed by atoms with Gasteiger partial charge in [-0.1, -0.05) is 65.7 Å². The van der Waals surface area contributed by atoms with Gasteiger partial charge in [-0.3, -0.25) is 9.59 Å². The number of amides is 2. The van der Waals surface area contributed by atoms with Gasteiger partial charge in [0.25, 0.3) is 5.91 Å². The summed E-state index contributed by atoms with van der Waals surface area (Å²) >= 11 is 12.4. The number of rotatable bonds is 7. The molecular formula is C26H28Cl2N2O3. The summed E-state index contributed by atoms with van der Waals surface area (Å²) in [5.41, 5.74) is 0.257. The Kier molecular flexibility index (Phi) is 7.88. The first-order valence-electron chi connectivity index (χ1n) is 10.7. The van der Waals surface area contributed by atoms with Gasteiger partial charge in [-0.25, -0.2) is 0 Å². The maximum absolute atomic E-state index is 13.3. The molecule has 0 saturated carbocycles. The fourth-order valence-electron chi connectivity index (χ4n) is 3.43. The van der Waals surface area contributed by atoms with Crippen LogP contribution in [0.2, 0.25) is 10.0 Å². The lowest BCUT2D eigenvalue weighted by atomic mass is 10.1. The molecular weight excluding hydrogens is 459 g/mol. The van der Waals surface area contributed by atoms with Crippen molar-refractivity contribution in [3.63, 3.8) is 0 Å². The summed E-state index contributed by atoms with van der Waals surface area (Å²) in [4.78, 5) is 27.7. The van der Waals surface area contributed by atoms with E-state index in [1.54, 1.807) is 25.1 Å². The average Bonchev–Trinajstić information content (AvgIpc) is 2.75. The van der Waals surface area contributed by atoms with Gasteiger partial charge in [-0.2, -0.15) is 0 Å². The Bertz CT molecular complexity index is 1150. The lowest BCUT2D eigenvalue weighted by molar-refractivity contribution is -0.142. The third-order valence-corrected chi connectivity index (χ3v) is 5.71. The standard InChI is InChI=1S/C26H28Cl2N2O3/c1-17(25(32)29-26(2,3)4)30(15-19-12-13-20(27)14-22(19)28)24(31)16-33-23-11-7-9-18-8-5-6-10-21(18)23/h5-14,17H,15-16H2,1-4H3,(H,29,32)/t17-/m1/s1. The number of fused-ring (bicyclic) bond motifs is 1. The van der Waals surface area contributed by atoms with Gasteiger partial charge in [0.15, 0.2) is 6.61 Å². The topological polar surface area (TPSA) is 58.6 Å². The molecule has 1 N–H and O–H groups in total. The van der Waals surface area contributed by atoms with Crippen LogP contribution in [0.15, 0.2) is 60.7 Å². The molecule has 7 heteroatoms. The second-order valence-electron chi connectivity index (χ2n) is 8.94. The average molecular weight is 487 g/mol. The smallest absolute Gasteiger partial charge is 0.261 e. The van der Waals surface area contributed by atoms with E-state index >= 15 is 0 Å². The number of nitrogens with one attached hydrogen (secondary N) is 1. The fourth-order valence-corrected chi connectivity index (χ4v) is 3.90. The Morgan fingerprint density at radius 2 is 1.73 bits per heavy atom. The molecule has 33 heavy (non-hydrogen) atoms. The van der Waals surface area contributed by atoms with E-state index in [2.05, 4.69) is 5.32 Å². The van der Waals surface area contributed by atoms with E-state index in [9.17, 15) is 9.59 Å². The maximum atomic E-state index is 13.3. The highest BCUT2D eigenvalue weighted by Gasteiger charge is 2.29. The van der Waals surface area contributed by atoms with Crippen LogP contribution in [0.3, 0.4) is 0 Å². The molecule has 0 aromatic heterocycles. The number of hydrogen-bond acceptors (Lipinski definition) is 3. The third kappa shape index (κ3) is 6.62. The molecule has 2 amide bonds. The number of carbonyl (C=O) groups is 2. The molecule has 3 rings (SSSR count). The highest BCUT2D eigenvalue weighted by atomic mass is 35.5. The summed E-state index contributed by atoms with van der Waals surface area (Å²) < 4.78 is 5.90. The monoisotopic (exact) mass is 486 g/mol. The molecule has 174 valence electrons. The van der Waals surface area contributed by atoms with E-state index in [0.717, 1.165) is 10.8 Å². The SMILES string of the molecule is C[C@H](C(=O)NC(C)(C)C)N(Cc1ccc(Cl)cc1Cl)C(=O)COc1cccc2ccccc12. The molecule has 0 aliphatic rings. The Morgan fingerprint density at radius 1 is 1.03 bits per heavy atom. The van der Waals surface area contributed by atoms with Crippen LogP contribution in [0.25, 0.3) is 10.8 Å². The minimum absolute atomic E-state index is 0.145. The van der Waals surface area contributed by atoms with Crippen LogP contribution < -0.4 is 10.1 Å². The van der Waals surface area contributed by atoms with E-state index in [1.807, 2.05) is 63.2 Å². The highest BCUT2D eigenvalue weighted by molar-refractivity contribution is 6.35. The molecule has 0 heterocycles. The second kappa shape index (κ2) is 10.4. The molecule has 0 radical (unpaired) electrons. The lowest BCUT2D eigenvalue weighted by Crippen LogP contribution is -2.53. The van der Waals surface area contributed by atoms with Crippen LogP contribution in [-0.2, 0) is 16.1 Å². The number of halogens is 2. The quantitative estimate of drug-likeness (QED) is 0.455. The van der Waals surface area contributed by atoms with E-state index in [4.69, 9.17) is 27.9 Å². The van der Waals surface area contributed by atoms with Gasteiger partial charge in [-0.05, 0) is 56.8 Å². The summed E-state index contributed by atoms with van der Waals surface area (Å²) in [7, 11) is 0. The molecule has 0 aliphatic heterocycles. The van der Waals surface area contributed by atoms with Crippen LogP contribution in [0.4, 0.5) is 0 Å². The maximum Gasteiger partial charge on any atom is 0.261 e. The highest BCUT2D eigenvalue weighted by Crippen LogP contribution is 2.26. The van der Waals surface area contributed by atoms with Crippen LogP contribution in [0.5, 0.6) is 5.75 Å². The van der Waals surface area contributed by atoms with Crippen LogP contribution in [0.1, 0.15) is 33.3 Å². The van der Waals surface area contributed by atoms with Gasteiger partial charge < -0.3 is 15.0 Å². The van der Waals surface area contributed by atoms with E-state index in [1.165, 1.54) is 4.90 Å². The van der Waals surface area contributed by atoms with Crippen LogP contribution in [-0.4, -0.2) is 34.9 Å². The first-order valence-corrected chi connectivity index (χ1v) is 11.5. The zero-order chi connectivity index (χ0) is 24.2. The Labute approximate surface area is 204 Å². The zero-order valence-electron chi connectivity index (χ0n) is 19.2. The summed E-state index contributed by atoms with van der Waals surface area (Å²) in [6.07, 6.45) is 0. The number of carbonyl (C=O) groups excluding carboxylic acids is 2. The summed E-state index contributed by atoms with van der Waals surface area (Å²) in [6.45, 7) is 7.30.